The predicted octanol–water partition coefficient (Wildman–Crippen LogP) is 0.762. The first kappa shape index (κ1) is 14.2. The van der Waals surface area contributed by atoms with Gasteiger partial charge >= 0.3 is 0 Å². The number of hydrogen-bond donors (Lipinski definition) is 2. The molecule has 1 aromatic rings. The quantitative estimate of drug-likeness (QED) is 0.780. The fourth-order valence-electron chi connectivity index (χ4n) is 1.22. The molecule has 7 heteroatoms. The van der Waals surface area contributed by atoms with Gasteiger partial charge in [-0.05, 0) is 32.3 Å². The predicted molar refractivity (Wildman–Crippen MR) is 69.6 cm³/mol. The van der Waals surface area contributed by atoms with E-state index >= 15 is 0 Å². The van der Waals surface area contributed by atoms with Crippen LogP contribution >= 0.6 is 11.6 Å². The van der Waals surface area contributed by atoms with Crippen molar-refractivity contribution in [2.75, 3.05) is 32.9 Å². The van der Waals surface area contributed by atoms with Crippen LogP contribution in [0.15, 0.2) is 23.1 Å². The Balaban J connectivity index is 2.83. The van der Waals surface area contributed by atoms with Gasteiger partial charge < -0.3 is 10.6 Å². The number of rotatable bonds is 5. The molecule has 0 aromatic heterocycles. The SMILES string of the molecule is CN(C)CCNS(=O)(=O)c1ccc(N)cc1Cl. The van der Waals surface area contributed by atoms with Crippen molar-refractivity contribution in [1.29, 1.82) is 0 Å². The minimum atomic E-state index is -3.57. The molecule has 17 heavy (non-hydrogen) atoms. The van der Waals surface area contributed by atoms with E-state index in [1.807, 2.05) is 19.0 Å². The third-order valence-electron chi connectivity index (χ3n) is 2.10. The first-order valence-corrected chi connectivity index (χ1v) is 6.88. The van der Waals surface area contributed by atoms with E-state index in [1.54, 1.807) is 0 Å². The van der Waals surface area contributed by atoms with Crippen LogP contribution in [0, 0.1) is 0 Å². The molecule has 1 rings (SSSR count). The molecule has 0 bridgehead atoms. The lowest BCUT2D eigenvalue weighted by Gasteiger charge is -2.11. The lowest BCUT2D eigenvalue weighted by molar-refractivity contribution is 0.412. The van der Waals surface area contributed by atoms with E-state index in [-0.39, 0.29) is 9.92 Å². The van der Waals surface area contributed by atoms with Gasteiger partial charge in [0.15, 0.2) is 0 Å². The lowest BCUT2D eigenvalue weighted by Crippen LogP contribution is -2.31. The molecule has 0 amide bonds. The summed E-state index contributed by atoms with van der Waals surface area (Å²) in [6, 6.07) is 4.32. The zero-order chi connectivity index (χ0) is 13.1. The molecular formula is C10H16ClN3O2S. The fraction of sp³-hybridized carbons (Fsp3) is 0.400. The van der Waals surface area contributed by atoms with Crippen molar-refractivity contribution in [3.05, 3.63) is 23.2 Å². The molecule has 0 fully saturated rings. The Kier molecular flexibility index (Phi) is 4.76. The third-order valence-corrected chi connectivity index (χ3v) is 4.04. The Bertz CT molecular complexity index is 488. The van der Waals surface area contributed by atoms with Gasteiger partial charge in [0.2, 0.25) is 10.0 Å². The number of halogens is 1. The van der Waals surface area contributed by atoms with Gasteiger partial charge in [-0.25, -0.2) is 13.1 Å². The molecule has 96 valence electrons. The van der Waals surface area contributed by atoms with E-state index in [0.29, 0.717) is 18.8 Å². The average Bonchev–Trinajstić information content (AvgIpc) is 2.15. The number of nitrogens with two attached hydrogens (primary N) is 1. The second-order valence-corrected chi connectivity index (χ2v) is 6.03. The minimum Gasteiger partial charge on any atom is -0.399 e. The van der Waals surface area contributed by atoms with Crippen LogP contribution < -0.4 is 10.5 Å². The normalized spacial score (nSPS) is 12.0. The number of nitrogen functional groups attached to an aromatic ring is 1. The Morgan fingerprint density at radius 2 is 2.06 bits per heavy atom. The zero-order valence-electron chi connectivity index (χ0n) is 9.77. The molecule has 3 N–H and O–H groups in total. The van der Waals surface area contributed by atoms with Crippen LogP contribution in [0.3, 0.4) is 0 Å². The first-order valence-electron chi connectivity index (χ1n) is 5.02. The summed E-state index contributed by atoms with van der Waals surface area (Å²) in [6.07, 6.45) is 0. The minimum absolute atomic E-state index is 0.0483. The topological polar surface area (TPSA) is 75.4 Å². The van der Waals surface area contributed by atoms with Crippen LogP contribution in [0.2, 0.25) is 5.02 Å². The maximum Gasteiger partial charge on any atom is 0.242 e. The maximum atomic E-state index is 11.9. The Morgan fingerprint density at radius 1 is 1.41 bits per heavy atom. The van der Waals surface area contributed by atoms with E-state index in [9.17, 15) is 8.42 Å². The summed E-state index contributed by atoms with van der Waals surface area (Å²) in [5.74, 6) is 0. The second-order valence-electron chi connectivity index (χ2n) is 3.89. The van der Waals surface area contributed by atoms with Gasteiger partial charge in [-0.1, -0.05) is 11.6 Å². The van der Waals surface area contributed by atoms with E-state index < -0.39 is 10.0 Å². The fourth-order valence-corrected chi connectivity index (χ4v) is 2.79. The molecule has 0 atom stereocenters. The third kappa shape index (κ3) is 4.16. The Labute approximate surface area is 107 Å². The maximum absolute atomic E-state index is 11.9. The highest BCUT2D eigenvalue weighted by Gasteiger charge is 2.17. The molecule has 0 saturated heterocycles. The van der Waals surface area contributed by atoms with Gasteiger partial charge in [-0.15, -0.1) is 0 Å². The number of anilines is 1. The molecule has 0 aliphatic carbocycles. The summed E-state index contributed by atoms with van der Waals surface area (Å²) < 4.78 is 26.3. The lowest BCUT2D eigenvalue weighted by atomic mass is 10.3. The molecule has 0 radical (unpaired) electrons. The highest BCUT2D eigenvalue weighted by Crippen LogP contribution is 2.23. The monoisotopic (exact) mass is 277 g/mol. The summed E-state index contributed by atoms with van der Waals surface area (Å²) in [5.41, 5.74) is 5.94. The van der Waals surface area contributed by atoms with E-state index in [4.69, 9.17) is 17.3 Å². The van der Waals surface area contributed by atoms with Crippen molar-refractivity contribution in [3.63, 3.8) is 0 Å². The van der Waals surface area contributed by atoms with Gasteiger partial charge in [0.1, 0.15) is 4.90 Å². The van der Waals surface area contributed by atoms with Crippen LogP contribution in [0.4, 0.5) is 5.69 Å². The van der Waals surface area contributed by atoms with Crippen LogP contribution in [0.1, 0.15) is 0 Å². The number of likely N-dealkylation sites (N-methyl/N-ethyl adjacent to an activating group) is 1. The number of sulfonamides is 1. The van der Waals surface area contributed by atoms with Gasteiger partial charge in [0.05, 0.1) is 5.02 Å². The van der Waals surface area contributed by atoms with Gasteiger partial charge in [-0.3, -0.25) is 0 Å². The van der Waals surface area contributed by atoms with Crippen molar-refractivity contribution >= 4 is 27.3 Å². The summed E-state index contributed by atoms with van der Waals surface area (Å²) in [6.45, 7) is 0.946. The van der Waals surface area contributed by atoms with Crippen molar-refractivity contribution in [2.24, 2.45) is 0 Å². The van der Waals surface area contributed by atoms with Crippen LogP contribution in [-0.4, -0.2) is 40.5 Å². The van der Waals surface area contributed by atoms with Gasteiger partial charge in [0, 0.05) is 18.8 Å². The van der Waals surface area contributed by atoms with E-state index in [2.05, 4.69) is 4.72 Å². The highest BCUT2D eigenvalue weighted by molar-refractivity contribution is 7.89. The number of nitrogens with one attached hydrogen (secondary N) is 1. The van der Waals surface area contributed by atoms with Gasteiger partial charge in [-0.2, -0.15) is 0 Å². The summed E-state index contributed by atoms with van der Waals surface area (Å²) in [5, 5.41) is 0.127. The van der Waals surface area contributed by atoms with E-state index in [1.165, 1.54) is 18.2 Å². The zero-order valence-corrected chi connectivity index (χ0v) is 11.3. The van der Waals surface area contributed by atoms with Crippen LogP contribution in [-0.2, 0) is 10.0 Å². The number of benzene rings is 1. The molecule has 0 aliphatic rings. The molecule has 0 saturated carbocycles. The molecule has 0 aliphatic heterocycles. The van der Waals surface area contributed by atoms with Crippen LogP contribution in [0.5, 0.6) is 0 Å². The largest absolute Gasteiger partial charge is 0.399 e. The molecule has 1 aromatic carbocycles. The van der Waals surface area contributed by atoms with E-state index in [0.717, 1.165) is 0 Å². The summed E-state index contributed by atoms with van der Waals surface area (Å²) >= 11 is 5.85. The van der Waals surface area contributed by atoms with Crippen molar-refractivity contribution in [1.82, 2.24) is 9.62 Å². The Morgan fingerprint density at radius 3 is 2.59 bits per heavy atom. The highest BCUT2D eigenvalue weighted by atomic mass is 35.5. The first-order chi connectivity index (χ1) is 7.83. The number of nitrogens with zero attached hydrogens (tertiary/aromatic N) is 1. The summed E-state index contributed by atoms with van der Waals surface area (Å²) in [4.78, 5) is 1.93. The molecule has 0 spiro atoms. The second kappa shape index (κ2) is 5.68. The molecule has 5 nitrogen and oxygen atoms in total. The standard InChI is InChI=1S/C10H16ClN3O2S/c1-14(2)6-5-13-17(15,16)10-4-3-8(12)7-9(10)11/h3-4,7,13H,5-6,12H2,1-2H3. The molecule has 0 unspecified atom stereocenters. The smallest absolute Gasteiger partial charge is 0.242 e. The number of hydrogen-bond acceptors (Lipinski definition) is 4. The van der Waals surface area contributed by atoms with Crippen molar-refractivity contribution < 1.29 is 8.42 Å². The summed E-state index contributed by atoms with van der Waals surface area (Å²) in [7, 11) is 0.164. The van der Waals surface area contributed by atoms with Crippen molar-refractivity contribution in [3.8, 4) is 0 Å². The van der Waals surface area contributed by atoms with Crippen molar-refractivity contribution in [2.45, 2.75) is 4.90 Å². The molecule has 0 heterocycles. The molecular weight excluding hydrogens is 262 g/mol. The average molecular weight is 278 g/mol. The van der Waals surface area contributed by atoms with Crippen LogP contribution in [0.25, 0.3) is 0 Å². The van der Waals surface area contributed by atoms with Gasteiger partial charge in [0.25, 0.3) is 0 Å². The Hall–Kier alpha value is -0.820.